The summed E-state index contributed by atoms with van der Waals surface area (Å²) < 4.78 is 0. The van der Waals surface area contributed by atoms with Crippen LogP contribution < -0.4 is 10.2 Å². The first-order valence-corrected chi connectivity index (χ1v) is 12.4. The minimum atomic E-state index is 0.258. The molecule has 2 aliphatic rings. The number of anilines is 3. The Morgan fingerprint density at radius 2 is 1.74 bits per heavy atom. The summed E-state index contributed by atoms with van der Waals surface area (Å²) in [5, 5.41) is 4.69. The van der Waals surface area contributed by atoms with Crippen molar-refractivity contribution >= 4 is 33.7 Å². The van der Waals surface area contributed by atoms with E-state index in [0.717, 1.165) is 64.0 Å². The minimum Gasteiger partial charge on any atom is -0.370 e. The fourth-order valence-electron chi connectivity index (χ4n) is 5.38. The van der Waals surface area contributed by atoms with Crippen molar-refractivity contribution in [1.82, 2.24) is 9.88 Å². The number of pyridine rings is 1. The van der Waals surface area contributed by atoms with Crippen molar-refractivity contribution in [3.05, 3.63) is 84.1 Å². The number of hydrogen-bond acceptors (Lipinski definition) is 5. The first-order chi connectivity index (χ1) is 17.0. The van der Waals surface area contributed by atoms with Crippen molar-refractivity contribution < 1.29 is 4.79 Å². The molecule has 4 aromatic rings. The van der Waals surface area contributed by atoms with Gasteiger partial charge < -0.3 is 15.1 Å². The molecule has 0 saturated carbocycles. The van der Waals surface area contributed by atoms with Crippen molar-refractivity contribution in [3.8, 4) is 11.1 Å². The highest BCUT2D eigenvalue weighted by Gasteiger charge is 2.24. The Bertz CT molecular complexity index is 1410. The smallest absolute Gasteiger partial charge is 0.163 e. The van der Waals surface area contributed by atoms with Gasteiger partial charge >= 0.3 is 0 Å². The van der Waals surface area contributed by atoms with Crippen LogP contribution in [0.5, 0.6) is 0 Å². The second-order valence-electron chi connectivity index (χ2n) is 9.91. The molecule has 1 aliphatic carbocycles. The van der Waals surface area contributed by atoms with E-state index in [0.29, 0.717) is 12.5 Å². The summed E-state index contributed by atoms with van der Waals surface area (Å²) in [6.45, 7) is 2.18. The van der Waals surface area contributed by atoms with Crippen molar-refractivity contribution in [3.63, 3.8) is 0 Å². The van der Waals surface area contributed by atoms with Crippen LogP contribution >= 0.6 is 0 Å². The van der Waals surface area contributed by atoms with Gasteiger partial charge in [0.05, 0.1) is 5.52 Å². The summed E-state index contributed by atoms with van der Waals surface area (Å²) in [4.78, 5) is 21.4. The van der Waals surface area contributed by atoms with Crippen molar-refractivity contribution in [2.24, 2.45) is 0 Å². The monoisotopic (exact) mass is 462 g/mol. The zero-order valence-electron chi connectivity index (χ0n) is 20.3. The van der Waals surface area contributed by atoms with Crippen LogP contribution in [0.25, 0.3) is 22.0 Å². The number of ketones is 1. The Morgan fingerprint density at radius 1 is 0.943 bits per heavy atom. The third-order valence-corrected chi connectivity index (χ3v) is 7.51. The van der Waals surface area contributed by atoms with Crippen molar-refractivity contribution in [2.75, 3.05) is 37.4 Å². The molecule has 35 heavy (non-hydrogen) atoms. The van der Waals surface area contributed by atoms with E-state index in [1.807, 2.05) is 18.3 Å². The number of carbonyl (C=O) groups is 1. The lowest BCUT2D eigenvalue weighted by atomic mass is 9.98. The third-order valence-electron chi connectivity index (χ3n) is 7.51. The zero-order chi connectivity index (χ0) is 23.9. The lowest BCUT2D eigenvalue weighted by Crippen LogP contribution is -2.31. The van der Waals surface area contributed by atoms with Gasteiger partial charge in [-0.3, -0.25) is 9.78 Å². The molecule has 1 N–H and O–H groups in total. The quantitative estimate of drug-likeness (QED) is 0.399. The topological polar surface area (TPSA) is 48.5 Å². The van der Waals surface area contributed by atoms with Crippen LogP contribution in [-0.2, 0) is 6.42 Å². The van der Waals surface area contributed by atoms with E-state index >= 15 is 0 Å². The van der Waals surface area contributed by atoms with E-state index < -0.39 is 0 Å². The van der Waals surface area contributed by atoms with Gasteiger partial charge in [-0.2, -0.15) is 0 Å². The number of hydrogen-bond donors (Lipinski definition) is 1. The van der Waals surface area contributed by atoms with E-state index in [1.54, 1.807) is 0 Å². The first kappa shape index (κ1) is 21.8. The summed E-state index contributed by atoms with van der Waals surface area (Å²) in [5.74, 6) is 0.258. The molecule has 1 fully saturated rings. The van der Waals surface area contributed by atoms with Gasteiger partial charge in [0.1, 0.15) is 0 Å². The summed E-state index contributed by atoms with van der Waals surface area (Å²) >= 11 is 0. The van der Waals surface area contributed by atoms with E-state index in [-0.39, 0.29) is 5.78 Å². The molecule has 6 rings (SSSR count). The van der Waals surface area contributed by atoms with Crippen LogP contribution in [0, 0.1) is 0 Å². The Hall–Kier alpha value is -3.70. The molecule has 0 radical (unpaired) electrons. The summed E-state index contributed by atoms with van der Waals surface area (Å²) in [5.41, 5.74) is 8.65. The van der Waals surface area contributed by atoms with E-state index in [9.17, 15) is 4.79 Å². The number of rotatable bonds is 5. The molecule has 2 heterocycles. The number of nitrogens with zero attached hydrogens (tertiary/aromatic N) is 3. The SMILES string of the molecule is CN(C)C1CCN(c2ccc(Nc3ccnc4ccc(-c5ccc6c(c5)CCC6=O)cc34)cc2)C1. The van der Waals surface area contributed by atoms with Gasteiger partial charge in [-0.15, -0.1) is 0 Å². The van der Waals surface area contributed by atoms with Crippen LogP contribution in [0.3, 0.4) is 0 Å². The molecular weight excluding hydrogens is 432 g/mol. The highest BCUT2D eigenvalue weighted by molar-refractivity contribution is 6.01. The average molecular weight is 463 g/mol. The lowest BCUT2D eigenvalue weighted by molar-refractivity contribution is 0.0994. The number of nitrogens with one attached hydrogen (secondary N) is 1. The number of fused-ring (bicyclic) bond motifs is 2. The van der Waals surface area contributed by atoms with Crippen LogP contribution in [0.4, 0.5) is 17.1 Å². The zero-order valence-corrected chi connectivity index (χ0v) is 20.3. The maximum Gasteiger partial charge on any atom is 0.163 e. The number of aryl methyl sites for hydroxylation is 1. The average Bonchev–Trinajstić information content (AvgIpc) is 3.52. The van der Waals surface area contributed by atoms with Gasteiger partial charge in [0.2, 0.25) is 0 Å². The van der Waals surface area contributed by atoms with Crippen LogP contribution in [-0.4, -0.2) is 48.9 Å². The normalized spacial score (nSPS) is 17.4. The minimum absolute atomic E-state index is 0.258. The van der Waals surface area contributed by atoms with E-state index in [4.69, 9.17) is 0 Å². The van der Waals surface area contributed by atoms with Gasteiger partial charge in [0.15, 0.2) is 5.78 Å². The largest absolute Gasteiger partial charge is 0.370 e. The predicted molar refractivity (Wildman–Crippen MR) is 144 cm³/mol. The molecule has 5 heteroatoms. The second-order valence-corrected chi connectivity index (χ2v) is 9.91. The molecule has 1 unspecified atom stereocenters. The number of Topliss-reactive ketones (excluding diaryl/α,β-unsaturated/α-hetero) is 1. The summed E-state index contributed by atoms with van der Waals surface area (Å²) in [7, 11) is 4.33. The lowest BCUT2D eigenvalue weighted by Gasteiger charge is -2.22. The van der Waals surface area contributed by atoms with Gasteiger partial charge in [-0.25, -0.2) is 0 Å². The molecule has 5 nitrogen and oxygen atoms in total. The fourth-order valence-corrected chi connectivity index (χ4v) is 5.38. The molecule has 0 bridgehead atoms. The molecule has 1 aromatic heterocycles. The number of carbonyl (C=O) groups excluding carboxylic acids is 1. The highest BCUT2D eigenvalue weighted by atomic mass is 16.1. The number of likely N-dealkylation sites (N-methyl/N-ethyl adjacent to an activating group) is 1. The molecule has 1 atom stereocenters. The fraction of sp³-hybridized carbons (Fsp3) is 0.267. The molecular formula is C30H30N4O. The molecule has 1 saturated heterocycles. The van der Waals surface area contributed by atoms with Crippen LogP contribution in [0.15, 0.2) is 72.9 Å². The van der Waals surface area contributed by atoms with Gasteiger partial charge in [0, 0.05) is 59.8 Å². The first-order valence-electron chi connectivity index (χ1n) is 12.4. The maximum atomic E-state index is 12.0. The van der Waals surface area contributed by atoms with Gasteiger partial charge in [-0.05, 0) is 86.1 Å². The van der Waals surface area contributed by atoms with Crippen molar-refractivity contribution in [1.29, 1.82) is 0 Å². The molecule has 0 spiro atoms. The Balaban J connectivity index is 1.26. The Kier molecular flexibility index (Phi) is 5.50. The van der Waals surface area contributed by atoms with Crippen molar-refractivity contribution in [2.45, 2.75) is 25.3 Å². The van der Waals surface area contributed by atoms with Gasteiger partial charge in [0.25, 0.3) is 0 Å². The van der Waals surface area contributed by atoms with Crippen LogP contribution in [0.2, 0.25) is 0 Å². The third kappa shape index (κ3) is 4.17. The van der Waals surface area contributed by atoms with Gasteiger partial charge in [-0.1, -0.05) is 24.3 Å². The van der Waals surface area contributed by atoms with E-state index in [2.05, 4.69) is 88.8 Å². The standard InChI is InChI=1S/C30H30N4O/c1-33(2)25-14-16-34(19-25)24-8-6-23(7-9-24)32-29-13-15-31-28-11-4-21(18-27(28)29)20-3-10-26-22(17-20)5-12-30(26)35/h3-4,6-11,13,15,17-18,25H,5,12,14,16,19H2,1-2H3,(H,31,32). The molecule has 0 amide bonds. The maximum absolute atomic E-state index is 12.0. The predicted octanol–water partition coefficient (Wildman–Crippen LogP) is 5.91. The second kappa shape index (κ2) is 8.82. The molecule has 1 aliphatic heterocycles. The Morgan fingerprint density at radius 3 is 2.54 bits per heavy atom. The molecule has 176 valence electrons. The van der Waals surface area contributed by atoms with Crippen LogP contribution in [0.1, 0.15) is 28.8 Å². The Labute approximate surface area is 206 Å². The highest BCUT2D eigenvalue weighted by Crippen LogP contribution is 2.33. The summed E-state index contributed by atoms with van der Waals surface area (Å²) in [6, 6.07) is 24.0. The number of aromatic nitrogens is 1. The summed E-state index contributed by atoms with van der Waals surface area (Å²) in [6.07, 6.45) is 4.53. The van der Waals surface area contributed by atoms with E-state index in [1.165, 1.54) is 12.1 Å². The number of benzene rings is 3. The molecule has 3 aromatic carbocycles.